The molecule has 7 heterocycles. The SMILES string of the molecule is C.Cn1c(=O)c(S(=O)(=O)c2ccccc2)c(N2CCN(C(=O)c3cccs3)CC2)c2ccccc21.O=C(c1ccc(Cl)cc1)N1CCN(c2c([N+](=O)[O-])c(=O)n(Cc3ccc(F)cc3)c3ccc(Cl)cc23)CC1.O=C(c1ccc(F)cc1)N1CCN(c2c([N+](=O)[O-])c(=O)n(Cc3ccc(F)cc3)c3ccc(Cl)cc23)CC1. The van der Waals surface area contributed by atoms with E-state index in [9.17, 15) is 70.6 Å². The smallest absolute Gasteiger partial charge is 0.357 e. The Morgan fingerprint density at radius 1 is 0.441 bits per heavy atom. The number of hydrogen-bond acceptors (Lipinski definition) is 16. The van der Waals surface area contributed by atoms with E-state index in [-0.39, 0.29) is 98.7 Å². The third-order valence-corrected chi connectivity index (χ3v) is 22.7. The van der Waals surface area contributed by atoms with Gasteiger partial charge in [-0.25, -0.2) is 21.6 Å². The Kier molecular flexibility index (Phi) is 23.9. The van der Waals surface area contributed by atoms with Gasteiger partial charge >= 0.3 is 22.5 Å². The molecule has 111 heavy (non-hydrogen) atoms. The molecule has 0 radical (unpaired) electrons. The topological polar surface area (TPSA) is 257 Å². The Balaban J connectivity index is 0.000000154. The van der Waals surface area contributed by atoms with E-state index >= 15 is 0 Å². The number of aromatic nitrogens is 3. The Labute approximate surface area is 652 Å². The molecule has 0 spiro atoms. The average Bonchev–Trinajstić information content (AvgIpc) is 0.906. The summed E-state index contributed by atoms with van der Waals surface area (Å²) in [5.41, 5.74) is 1.03. The Hall–Kier alpha value is -11.7. The molecule has 0 saturated carbocycles. The van der Waals surface area contributed by atoms with Crippen molar-refractivity contribution in [1.29, 1.82) is 0 Å². The van der Waals surface area contributed by atoms with Crippen LogP contribution in [-0.4, -0.2) is 143 Å². The lowest BCUT2D eigenvalue weighted by molar-refractivity contribution is -0.385. The summed E-state index contributed by atoms with van der Waals surface area (Å²) in [7, 11) is -2.49. The first-order valence-electron chi connectivity index (χ1n) is 34.4. The number of nitro groups is 2. The number of benzene rings is 8. The molecule has 3 amide bonds. The third kappa shape index (κ3) is 16.6. The fraction of sp³-hybridized carbons (Fsp3) is 0.200. The number of thiophene rings is 1. The molecule has 3 aliphatic heterocycles. The highest BCUT2D eigenvalue weighted by Crippen LogP contribution is 2.40. The van der Waals surface area contributed by atoms with E-state index in [0.717, 1.165) is 0 Å². The molecular formula is C80H69Cl3F3N11O12S2. The lowest BCUT2D eigenvalue weighted by Crippen LogP contribution is -2.49. The van der Waals surface area contributed by atoms with Gasteiger partial charge in [0.05, 0.1) is 54.9 Å². The zero-order valence-corrected chi connectivity index (χ0v) is 62.3. The second-order valence-corrected chi connectivity index (χ2v) is 30.1. The number of fused-ring (bicyclic) bond motifs is 3. The maximum Gasteiger partial charge on any atom is 0.357 e. The van der Waals surface area contributed by atoms with Gasteiger partial charge in [0.25, 0.3) is 23.3 Å². The van der Waals surface area contributed by atoms with Gasteiger partial charge in [0.2, 0.25) is 9.84 Å². The Bertz CT molecular complexity index is 5620. The molecule has 3 saturated heterocycles. The number of pyridine rings is 3. The van der Waals surface area contributed by atoms with Crippen LogP contribution in [0, 0.1) is 37.7 Å². The van der Waals surface area contributed by atoms with Gasteiger partial charge in [0.15, 0.2) is 4.90 Å². The highest BCUT2D eigenvalue weighted by atomic mass is 35.5. The zero-order chi connectivity index (χ0) is 77.8. The van der Waals surface area contributed by atoms with E-state index in [0.29, 0.717) is 120 Å². The minimum atomic E-state index is -4.08. The fourth-order valence-corrected chi connectivity index (χ4v) is 16.6. The van der Waals surface area contributed by atoms with Gasteiger partial charge in [0, 0.05) is 128 Å². The Morgan fingerprint density at radius 2 is 0.829 bits per heavy atom. The van der Waals surface area contributed by atoms with Crippen LogP contribution in [0.15, 0.2) is 230 Å². The van der Waals surface area contributed by atoms with Crippen LogP contribution in [0.25, 0.3) is 32.7 Å². The molecule has 0 aliphatic carbocycles. The molecule has 23 nitrogen and oxygen atoms in total. The van der Waals surface area contributed by atoms with Crippen LogP contribution in [0.1, 0.15) is 48.9 Å². The quantitative estimate of drug-likeness (QED) is 0.0724. The third-order valence-electron chi connectivity index (χ3n) is 19.3. The van der Waals surface area contributed by atoms with Crippen molar-refractivity contribution < 1.29 is 45.8 Å². The van der Waals surface area contributed by atoms with Crippen molar-refractivity contribution in [1.82, 2.24) is 28.4 Å². The molecule has 0 atom stereocenters. The summed E-state index contributed by atoms with van der Waals surface area (Å²) in [5.74, 6) is -1.77. The average molecular weight is 1600 g/mol. The second-order valence-electron chi connectivity index (χ2n) is 26.0. The Morgan fingerprint density at radius 3 is 1.25 bits per heavy atom. The maximum absolute atomic E-state index is 13.7. The fourth-order valence-electron chi connectivity index (χ4n) is 13.9. The van der Waals surface area contributed by atoms with Crippen molar-refractivity contribution in [3.05, 3.63) is 317 Å². The van der Waals surface area contributed by atoms with E-state index in [1.165, 1.54) is 110 Å². The number of sulfone groups is 1. The van der Waals surface area contributed by atoms with Crippen molar-refractivity contribution in [2.75, 3.05) is 93.2 Å². The molecule has 570 valence electrons. The van der Waals surface area contributed by atoms with Gasteiger partial charge in [-0.2, -0.15) is 0 Å². The van der Waals surface area contributed by atoms with Crippen molar-refractivity contribution in [2.45, 2.75) is 30.3 Å². The van der Waals surface area contributed by atoms with Crippen molar-refractivity contribution in [2.24, 2.45) is 7.05 Å². The van der Waals surface area contributed by atoms with Crippen LogP contribution >= 0.6 is 46.1 Å². The maximum atomic E-state index is 13.7. The first-order chi connectivity index (χ1) is 52.8. The molecule has 0 N–H and O–H groups in total. The van der Waals surface area contributed by atoms with Gasteiger partial charge in [0.1, 0.15) is 28.8 Å². The number of carbonyl (C=O) groups excluding carboxylic acids is 3. The predicted molar refractivity (Wildman–Crippen MR) is 425 cm³/mol. The standard InChI is InChI=1S/C27H21Cl2FN4O4.C27H21ClF2N4O4.C25H23N3O4S2.CH4/c28-19-5-3-18(4-6-19)26(35)32-13-11-31(12-14-32)24-22-15-20(29)7-10-23(22)33(27(36)25(24)34(37)38)16-17-1-8-21(30)9-2-17;28-19-5-10-23-22(15-19)24(25(34(37)38)27(36)33(23)16-17-1-6-20(29)7-2-17)31-11-13-32(14-12-31)26(35)18-3-8-21(30)9-4-18;1-26-20-11-6-5-10-19(20)22(23(25(26)30)34(31,32)18-8-3-2-4-9-18)27-13-15-28(16-14-27)24(29)21-12-7-17-33-21;/h2*1-10,15H,11-14,16H2;2-12,17H,13-16H2,1H3;1H4. The molecule has 3 aliphatic rings. The largest absolute Gasteiger partial charge is 0.366 e. The highest BCUT2D eigenvalue weighted by molar-refractivity contribution is 7.91. The molecule has 8 aromatic carbocycles. The van der Waals surface area contributed by atoms with Crippen LogP contribution in [0.3, 0.4) is 0 Å². The van der Waals surface area contributed by atoms with Crippen LogP contribution in [-0.2, 0) is 30.0 Å². The summed E-state index contributed by atoms with van der Waals surface area (Å²) in [6.45, 7) is 3.86. The number of piperazine rings is 3. The normalized spacial score (nSPS) is 13.8. The van der Waals surface area contributed by atoms with Gasteiger partial charge in [-0.3, -0.25) is 58.1 Å². The lowest BCUT2D eigenvalue weighted by Gasteiger charge is -2.37. The van der Waals surface area contributed by atoms with Crippen LogP contribution in [0.4, 0.5) is 41.6 Å². The molecule has 31 heteroatoms. The minimum Gasteiger partial charge on any atom is -0.366 e. The van der Waals surface area contributed by atoms with Crippen molar-refractivity contribution in [3.8, 4) is 0 Å². The second kappa shape index (κ2) is 33.7. The summed E-state index contributed by atoms with van der Waals surface area (Å²) >= 11 is 19.9. The van der Waals surface area contributed by atoms with Crippen LogP contribution in [0.5, 0.6) is 0 Å². The van der Waals surface area contributed by atoms with Crippen LogP contribution < -0.4 is 31.4 Å². The number of nitrogens with zero attached hydrogens (tertiary/aromatic N) is 11. The summed E-state index contributed by atoms with van der Waals surface area (Å²) in [6.07, 6.45) is 0. The number of rotatable bonds is 14. The number of aryl methyl sites for hydroxylation is 1. The molecule has 0 bridgehead atoms. The lowest BCUT2D eigenvalue weighted by atomic mass is 10.1. The highest BCUT2D eigenvalue weighted by Gasteiger charge is 2.37. The molecular weight excluding hydrogens is 1530 g/mol. The van der Waals surface area contributed by atoms with Gasteiger partial charge in [-0.05, 0) is 150 Å². The predicted octanol–water partition coefficient (Wildman–Crippen LogP) is 14.2. The van der Waals surface area contributed by atoms with E-state index in [4.69, 9.17) is 34.8 Å². The summed E-state index contributed by atoms with van der Waals surface area (Å²) in [6, 6.07) is 51.7. The van der Waals surface area contributed by atoms with Crippen molar-refractivity contribution in [3.63, 3.8) is 0 Å². The summed E-state index contributed by atoms with van der Waals surface area (Å²) in [5, 5.41) is 29.1. The van der Waals surface area contributed by atoms with Gasteiger partial charge in [-0.1, -0.05) is 109 Å². The number of para-hydroxylation sites is 1. The molecule has 15 rings (SSSR count). The first kappa shape index (κ1) is 78.9. The molecule has 12 aromatic rings. The summed E-state index contributed by atoms with van der Waals surface area (Å²) < 4.78 is 71.5. The number of carbonyl (C=O) groups is 3. The first-order valence-corrected chi connectivity index (χ1v) is 37.9. The molecule has 0 unspecified atom stereocenters. The zero-order valence-electron chi connectivity index (χ0n) is 58.4. The number of halogens is 6. The van der Waals surface area contributed by atoms with Gasteiger partial charge < -0.3 is 34.0 Å². The van der Waals surface area contributed by atoms with Crippen LogP contribution in [0.2, 0.25) is 15.1 Å². The van der Waals surface area contributed by atoms with Gasteiger partial charge in [-0.15, -0.1) is 11.3 Å². The number of amides is 3. The molecule has 4 aromatic heterocycles. The van der Waals surface area contributed by atoms with E-state index in [2.05, 4.69) is 0 Å². The monoisotopic (exact) mass is 1600 g/mol. The van der Waals surface area contributed by atoms with E-state index < -0.39 is 65.2 Å². The minimum absolute atomic E-state index is 0. The van der Waals surface area contributed by atoms with E-state index in [1.54, 1.807) is 116 Å². The summed E-state index contributed by atoms with van der Waals surface area (Å²) in [4.78, 5) is 113. The van der Waals surface area contributed by atoms with Crippen molar-refractivity contribution >= 4 is 135 Å². The van der Waals surface area contributed by atoms with E-state index in [1.807, 2.05) is 40.6 Å². The number of hydrogen-bond donors (Lipinski definition) is 0. The molecule has 3 fully saturated rings. The number of anilines is 3.